The van der Waals surface area contributed by atoms with Crippen molar-refractivity contribution in [1.29, 1.82) is 0 Å². The molecule has 0 aliphatic heterocycles. The van der Waals surface area contributed by atoms with Crippen LogP contribution in [0.5, 0.6) is 0 Å². The molecular weight excluding hydrogens is 236 g/mol. The van der Waals surface area contributed by atoms with E-state index in [2.05, 4.69) is 30.5 Å². The lowest BCUT2D eigenvalue weighted by Gasteiger charge is -2.32. The van der Waals surface area contributed by atoms with Crippen LogP contribution in [0.1, 0.15) is 40.0 Å². The molecule has 1 aliphatic rings. The van der Waals surface area contributed by atoms with Gasteiger partial charge in [0, 0.05) is 24.3 Å². The third-order valence-electron chi connectivity index (χ3n) is 3.73. The van der Waals surface area contributed by atoms with E-state index in [1.807, 2.05) is 18.2 Å². The first kappa shape index (κ1) is 13.9. The Hall–Kier alpha value is -1.51. The smallest absolute Gasteiger partial charge is 0.221 e. The fraction of sp³-hybridized carbons (Fsp3) is 0.562. The first-order valence-corrected chi connectivity index (χ1v) is 7.17. The molecule has 1 amide bonds. The highest BCUT2D eigenvalue weighted by Crippen LogP contribution is 2.30. The third-order valence-corrected chi connectivity index (χ3v) is 3.73. The van der Waals surface area contributed by atoms with E-state index >= 15 is 0 Å². The van der Waals surface area contributed by atoms with Gasteiger partial charge in [0.2, 0.25) is 5.91 Å². The zero-order valence-corrected chi connectivity index (χ0v) is 12.1. The second kappa shape index (κ2) is 6.09. The van der Waals surface area contributed by atoms with E-state index in [9.17, 15) is 4.79 Å². The van der Waals surface area contributed by atoms with Gasteiger partial charge in [0.15, 0.2) is 0 Å². The molecule has 1 aromatic carbocycles. The average molecular weight is 260 g/mol. The zero-order chi connectivity index (χ0) is 13.8. The molecule has 0 bridgehead atoms. The fourth-order valence-electron chi connectivity index (χ4n) is 3.19. The molecule has 2 unspecified atom stereocenters. The Morgan fingerprint density at radius 2 is 1.74 bits per heavy atom. The van der Waals surface area contributed by atoms with Gasteiger partial charge in [-0.25, -0.2) is 0 Å². The summed E-state index contributed by atoms with van der Waals surface area (Å²) >= 11 is 0. The van der Waals surface area contributed by atoms with Gasteiger partial charge >= 0.3 is 0 Å². The van der Waals surface area contributed by atoms with Crippen LogP contribution in [0.2, 0.25) is 0 Å². The molecule has 0 spiro atoms. The van der Waals surface area contributed by atoms with Crippen LogP contribution in [0.15, 0.2) is 24.3 Å². The normalized spacial score (nSPS) is 26.8. The maximum Gasteiger partial charge on any atom is 0.221 e. The molecule has 3 heteroatoms. The van der Waals surface area contributed by atoms with Crippen molar-refractivity contribution < 1.29 is 4.79 Å². The zero-order valence-electron chi connectivity index (χ0n) is 12.1. The van der Waals surface area contributed by atoms with Crippen LogP contribution in [0.3, 0.4) is 0 Å². The quantitative estimate of drug-likeness (QED) is 0.866. The van der Waals surface area contributed by atoms with Gasteiger partial charge in [-0.05, 0) is 49.3 Å². The fourth-order valence-corrected chi connectivity index (χ4v) is 3.19. The van der Waals surface area contributed by atoms with Crippen molar-refractivity contribution in [3.63, 3.8) is 0 Å². The summed E-state index contributed by atoms with van der Waals surface area (Å²) in [5.41, 5.74) is 1.95. The molecule has 1 fully saturated rings. The lowest BCUT2D eigenvalue weighted by molar-refractivity contribution is -0.114. The van der Waals surface area contributed by atoms with Crippen LogP contribution in [0.4, 0.5) is 11.4 Å². The molecule has 0 radical (unpaired) electrons. The van der Waals surface area contributed by atoms with Crippen molar-refractivity contribution in [3.05, 3.63) is 24.3 Å². The van der Waals surface area contributed by atoms with Crippen LogP contribution in [0.25, 0.3) is 0 Å². The third kappa shape index (κ3) is 4.27. The number of carbonyl (C=O) groups is 1. The summed E-state index contributed by atoms with van der Waals surface area (Å²) in [6.07, 6.45) is 3.80. The van der Waals surface area contributed by atoms with Gasteiger partial charge in [-0.3, -0.25) is 4.79 Å². The summed E-state index contributed by atoms with van der Waals surface area (Å²) < 4.78 is 0. The highest BCUT2D eigenvalue weighted by molar-refractivity contribution is 5.89. The largest absolute Gasteiger partial charge is 0.382 e. The highest BCUT2D eigenvalue weighted by Gasteiger charge is 2.23. The summed E-state index contributed by atoms with van der Waals surface area (Å²) in [7, 11) is 0. The van der Waals surface area contributed by atoms with Crippen molar-refractivity contribution in [1.82, 2.24) is 0 Å². The van der Waals surface area contributed by atoms with E-state index in [0.29, 0.717) is 6.04 Å². The molecule has 0 heterocycles. The summed E-state index contributed by atoms with van der Waals surface area (Å²) in [6.45, 7) is 6.20. The van der Waals surface area contributed by atoms with Gasteiger partial charge in [0.25, 0.3) is 0 Å². The van der Waals surface area contributed by atoms with Crippen LogP contribution >= 0.6 is 0 Å². The Morgan fingerprint density at radius 3 is 2.37 bits per heavy atom. The molecule has 19 heavy (non-hydrogen) atoms. The number of anilines is 2. The Balaban J connectivity index is 2.00. The van der Waals surface area contributed by atoms with Gasteiger partial charge in [0.05, 0.1) is 0 Å². The predicted molar refractivity (Wildman–Crippen MR) is 80.3 cm³/mol. The lowest BCUT2D eigenvalue weighted by Crippen LogP contribution is -2.30. The first-order valence-electron chi connectivity index (χ1n) is 7.17. The Labute approximate surface area is 115 Å². The molecular formula is C16H24N2O. The number of hydrogen-bond donors (Lipinski definition) is 2. The van der Waals surface area contributed by atoms with Crippen molar-refractivity contribution in [2.75, 3.05) is 10.6 Å². The summed E-state index contributed by atoms with van der Waals surface area (Å²) in [5.74, 6) is 1.55. The van der Waals surface area contributed by atoms with Crippen molar-refractivity contribution in [2.45, 2.75) is 46.1 Å². The van der Waals surface area contributed by atoms with E-state index in [1.54, 1.807) is 0 Å². The van der Waals surface area contributed by atoms with E-state index in [4.69, 9.17) is 0 Å². The maximum atomic E-state index is 11.1. The highest BCUT2D eigenvalue weighted by atomic mass is 16.1. The molecule has 1 saturated carbocycles. The second-order valence-corrected chi connectivity index (χ2v) is 6.02. The summed E-state index contributed by atoms with van der Waals surface area (Å²) in [4.78, 5) is 11.1. The number of benzene rings is 1. The molecule has 1 aliphatic carbocycles. The molecule has 104 valence electrons. The minimum Gasteiger partial charge on any atom is -0.382 e. The predicted octanol–water partition coefficient (Wildman–Crippen LogP) is 3.88. The molecule has 0 aromatic heterocycles. The van der Waals surface area contributed by atoms with Crippen LogP contribution in [-0.2, 0) is 4.79 Å². The number of amides is 1. The Kier molecular flexibility index (Phi) is 4.46. The van der Waals surface area contributed by atoms with Gasteiger partial charge in [0.1, 0.15) is 0 Å². The number of hydrogen-bond acceptors (Lipinski definition) is 2. The van der Waals surface area contributed by atoms with Crippen LogP contribution in [0, 0.1) is 11.8 Å². The van der Waals surface area contributed by atoms with Gasteiger partial charge in [-0.1, -0.05) is 19.9 Å². The standard InChI is InChI=1S/C16H24N2O/c1-11-7-12(2)9-16(8-11)18-15-6-4-5-14(10-15)17-13(3)19/h4-6,10-12,16,18H,7-9H2,1-3H3,(H,17,19). The van der Waals surface area contributed by atoms with E-state index in [-0.39, 0.29) is 5.91 Å². The average Bonchev–Trinajstić information content (AvgIpc) is 2.26. The first-order chi connectivity index (χ1) is 9.02. The monoisotopic (exact) mass is 260 g/mol. The van der Waals surface area contributed by atoms with Gasteiger partial charge < -0.3 is 10.6 Å². The van der Waals surface area contributed by atoms with Crippen molar-refractivity contribution >= 4 is 17.3 Å². The Bertz CT molecular complexity index is 434. The molecule has 0 saturated heterocycles. The number of carbonyl (C=O) groups excluding carboxylic acids is 1. The van der Waals surface area contributed by atoms with Gasteiger partial charge in [-0.2, -0.15) is 0 Å². The summed E-state index contributed by atoms with van der Waals surface area (Å²) in [6, 6.07) is 8.51. The Morgan fingerprint density at radius 1 is 1.11 bits per heavy atom. The molecule has 2 rings (SSSR count). The second-order valence-electron chi connectivity index (χ2n) is 6.02. The van der Waals surface area contributed by atoms with Gasteiger partial charge in [-0.15, -0.1) is 0 Å². The van der Waals surface area contributed by atoms with Crippen molar-refractivity contribution in [3.8, 4) is 0 Å². The number of nitrogens with one attached hydrogen (secondary N) is 2. The van der Waals surface area contributed by atoms with E-state index < -0.39 is 0 Å². The van der Waals surface area contributed by atoms with Crippen molar-refractivity contribution in [2.24, 2.45) is 11.8 Å². The minimum atomic E-state index is -0.0305. The topological polar surface area (TPSA) is 41.1 Å². The SMILES string of the molecule is CC(=O)Nc1cccc(NC2CC(C)CC(C)C2)c1. The van der Waals surface area contributed by atoms with Crippen LogP contribution < -0.4 is 10.6 Å². The summed E-state index contributed by atoms with van der Waals surface area (Å²) in [5, 5.41) is 6.43. The lowest BCUT2D eigenvalue weighted by atomic mass is 9.80. The molecule has 2 N–H and O–H groups in total. The van der Waals surface area contributed by atoms with E-state index in [1.165, 1.54) is 26.2 Å². The minimum absolute atomic E-state index is 0.0305. The van der Waals surface area contributed by atoms with E-state index in [0.717, 1.165) is 23.2 Å². The maximum absolute atomic E-state index is 11.1. The molecule has 3 nitrogen and oxygen atoms in total. The molecule has 2 atom stereocenters. The number of rotatable bonds is 3. The molecule has 1 aromatic rings. The van der Waals surface area contributed by atoms with Crippen LogP contribution in [-0.4, -0.2) is 11.9 Å².